The fourth-order valence-electron chi connectivity index (χ4n) is 3.99. The zero-order valence-corrected chi connectivity index (χ0v) is 28.7. The predicted molar refractivity (Wildman–Crippen MR) is 139 cm³/mol. The van der Waals surface area contributed by atoms with Crippen molar-refractivity contribution in [2.45, 2.75) is 16.7 Å². The van der Waals surface area contributed by atoms with Gasteiger partial charge in [0, 0.05) is 35.3 Å². The standard InChI is InChI=1S/C24H22N4O8S2.ClH.2Na/c1-13-6-7-14(10-19(13)27-24(30)20-11-15(25)12-28(20)2)23(29)26-18-9-8-16-17(22(18)38(34,35)36)4-3-5-21(16)37(31,32)33;;;/h3-12H,25H2,1-2H3,(H,26,29)(H,27,30)(H,31,32,33)(H,34,35,36);1H;;/q;;2*+1/p-2. The van der Waals surface area contributed by atoms with E-state index in [-0.39, 0.29) is 93.6 Å². The third-order valence-electron chi connectivity index (χ3n) is 5.75. The summed E-state index contributed by atoms with van der Waals surface area (Å²) >= 11 is 0. The minimum atomic E-state index is -5.22. The summed E-state index contributed by atoms with van der Waals surface area (Å²) in [5, 5.41) is 4.54. The summed E-state index contributed by atoms with van der Waals surface area (Å²) in [5.41, 5.74) is 6.96. The zero-order valence-electron chi connectivity index (χ0n) is 22.3. The first kappa shape index (κ1) is 37.1. The van der Waals surface area contributed by atoms with Gasteiger partial charge in [-0.3, -0.25) is 14.1 Å². The van der Waals surface area contributed by atoms with Crippen LogP contribution in [0.2, 0.25) is 0 Å². The van der Waals surface area contributed by atoms with E-state index in [4.69, 9.17) is 5.73 Å². The molecule has 0 saturated heterocycles. The summed E-state index contributed by atoms with van der Waals surface area (Å²) in [4.78, 5) is 24.3. The number of amides is 2. The molecule has 5 N–H and O–H groups in total. The fourth-order valence-corrected chi connectivity index (χ4v) is 5.53. The summed E-state index contributed by atoms with van der Waals surface area (Å²) in [5.74, 6) is -1.28. The van der Waals surface area contributed by atoms with Gasteiger partial charge in [0.2, 0.25) is 0 Å². The zero-order chi connectivity index (χ0) is 28.0. The number of benzene rings is 3. The molecule has 0 saturated carbocycles. The van der Waals surface area contributed by atoms with Crippen molar-refractivity contribution in [2.24, 2.45) is 7.05 Å². The van der Waals surface area contributed by atoms with Crippen LogP contribution in [0.5, 0.6) is 0 Å². The number of anilines is 3. The van der Waals surface area contributed by atoms with Crippen LogP contribution in [0.1, 0.15) is 26.4 Å². The van der Waals surface area contributed by atoms with Crippen LogP contribution in [-0.4, -0.2) is 42.3 Å². The molecular weight excluding hydrogens is 618 g/mol. The van der Waals surface area contributed by atoms with E-state index in [2.05, 4.69) is 10.6 Å². The third-order valence-corrected chi connectivity index (χ3v) is 7.61. The Labute approximate surface area is 286 Å². The van der Waals surface area contributed by atoms with Gasteiger partial charge in [0.15, 0.2) is 0 Å². The molecule has 17 heteroatoms. The molecule has 0 bridgehead atoms. The van der Waals surface area contributed by atoms with Crippen LogP contribution >= 0.6 is 0 Å². The number of nitrogens with one attached hydrogen (secondary N) is 2. The first-order valence-corrected chi connectivity index (χ1v) is 13.7. The van der Waals surface area contributed by atoms with Gasteiger partial charge in [-0.1, -0.05) is 24.3 Å². The monoisotopic (exact) mass is 638 g/mol. The van der Waals surface area contributed by atoms with E-state index in [1.165, 1.54) is 28.8 Å². The number of nitrogens with two attached hydrogens (primary N) is 1. The largest absolute Gasteiger partial charge is 1.00 e. The van der Waals surface area contributed by atoms with Crippen molar-refractivity contribution < 1.29 is 107 Å². The minimum Gasteiger partial charge on any atom is -1.00 e. The first-order chi connectivity index (χ1) is 17.7. The van der Waals surface area contributed by atoms with Gasteiger partial charge in [0.25, 0.3) is 21.9 Å². The van der Waals surface area contributed by atoms with Crippen LogP contribution in [0.3, 0.4) is 0 Å². The first-order valence-electron chi connectivity index (χ1n) is 10.8. The molecule has 1 heterocycles. The number of rotatable bonds is 6. The second kappa shape index (κ2) is 14.0. The van der Waals surface area contributed by atoms with Crippen molar-refractivity contribution in [3.05, 3.63) is 77.6 Å². The number of nitrogen functional groups attached to an aromatic ring is 1. The van der Waals surface area contributed by atoms with Gasteiger partial charge < -0.3 is 37.9 Å². The number of aryl methyl sites for hydroxylation is 2. The second-order valence-corrected chi connectivity index (χ2v) is 11.1. The molecule has 4 aromatic rings. The summed E-state index contributed by atoms with van der Waals surface area (Å²) < 4.78 is 70.9. The Hall–Kier alpha value is -1.95. The SMILES string of the molecule is Cc1ccc(C(=O)Nc2ccc3c(S(=O)(=O)O)cccc3c2S(=O)(=O)[O-])cc1NC(=O)c1cc(N)cn1C.[Cl-].[Na+].[Na+]. The Morgan fingerprint density at radius 2 is 1.54 bits per heavy atom. The molecule has 12 nitrogen and oxygen atoms in total. The topological polar surface area (TPSA) is 201 Å². The number of hydrogen-bond acceptors (Lipinski definition) is 8. The molecule has 0 aliphatic rings. The van der Waals surface area contributed by atoms with E-state index < -0.39 is 47.5 Å². The van der Waals surface area contributed by atoms with Gasteiger partial charge in [-0.15, -0.1) is 0 Å². The normalized spacial score (nSPS) is 11.0. The summed E-state index contributed by atoms with van der Waals surface area (Å²) in [6.45, 7) is 1.70. The van der Waals surface area contributed by atoms with E-state index in [9.17, 15) is 35.5 Å². The number of carbonyl (C=O) groups is 2. The van der Waals surface area contributed by atoms with Crippen molar-refractivity contribution >= 4 is 59.9 Å². The van der Waals surface area contributed by atoms with Crippen molar-refractivity contribution in [1.82, 2.24) is 4.57 Å². The smallest absolute Gasteiger partial charge is 1.00 e. The van der Waals surface area contributed by atoms with E-state index >= 15 is 0 Å². The quantitative estimate of drug-likeness (QED) is 0.117. The van der Waals surface area contributed by atoms with Crippen molar-refractivity contribution in [2.75, 3.05) is 16.4 Å². The van der Waals surface area contributed by atoms with E-state index in [0.29, 0.717) is 16.9 Å². The number of fused-ring (bicyclic) bond motifs is 1. The molecule has 41 heavy (non-hydrogen) atoms. The van der Waals surface area contributed by atoms with Crippen LogP contribution in [-0.2, 0) is 27.3 Å². The van der Waals surface area contributed by atoms with Crippen LogP contribution < -0.4 is 87.9 Å². The van der Waals surface area contributed by atoms with Gasteiger partial charge in [-0.2, -0.15) is 8.42 Å². The Balaban J connectivity index is 0.00000280. The predicted octanol–water partition coefficient (Wildman–Crippen LogP) is -6.26. The molecule has 0 unspecified atom stereocenters. The minimum absolute atomic E-state index is 0. The van der Waals surface area contributed by atoms with Crippen molar-refractivity contribution in [3.8, 4) is 0 Å². The Morgan fingerprint density at radius 1 is 0.902 bits per heavy atom. The van der Waals surface area contributed by atoms with Gasteiger partial charge in [0.05, 0.1) is 16.3 Å². The van der Waals surface area contributed by atoms with Crippen LogP contribution in [0.4, 0.5) is 17.1 Å². The summed E-state index contributed by atoms with van der Waals surface area (Å²) in [7, 11) is -8.32. The Kier molecular flexibility index (Phi) is 12.7. The molecule has 4 rings (SSSR count). The molecule has 2 amide bonds. The fraction of sp³-hybridized carbons (Fsp3) is 0.0833. The van der Waals surface area contributed by atoms with Gasteiger partial charge in [-0.25, -0.2) is 8.42 Å². The van der Waals surface area contributed by atoms with Crippen LogP contribution in [0.15, 0.2) is 70.6 Å². The molecule has 206 valence electrons. The molecule has 1 aromatic heterocycles. The molecule has 0 atom stereocenters. The van der Waals surface area contributed by atoms with E-state index in [0.717, 1.165) is 24.3 Å². The third kappa shape index (κ3) is 8.12. The molecular formula is C24H21ClN4Na2O8S2. The van der Waals surface area contributed by atoms with Crippen LogP contribution in [0.25, 0.3) is 10.8 Å². The summed E-state index contributed by atoms with van der Waals surface area (Å²) in [6, 6.07) is 11.4. The molecule has 3 aromatic carbocycles. The maximum Gasteiger partial charge on any atom is 1.00 e. The van der Waals surface area contributed by atoms with E-state index in [1.807, 2.05) is 0 Å². The van der Waals surface area contributed by atoms with Gasteiger partial charge in [-0.05, 0) is 42.8 Å². The second-order valence-electron chi connectivity index (χ2n) is 8.43. The van der Waals surface area contributed by atoms with Crippen molar-refractivity contribution in [1.29, 1.82) is 0 Å². The summed E-state index contributed by atoms with van der Waals surface area (Å²) in [6.07, 6.45) is 1.57. The molecule has 0 aliphatic carbocycles. The maximum absolute atomic E-state index is 13.1. The number of hydrogen-bond donors (Lipinski definition) is 4. The average Bonchev–Trinajstić information content (AvgIpc) is 3.16. The Morgan fingerprint density at radius 3 is 2.10 bits per heavy atom. The molecule has 0 radical (unpaired) electrons. The Bertz CT molecular complexity index is 1860. The number of halogens is 1. The van der Waals surface area contributed by atoms with E-state index in [1.54, 1.807) is 26.2 Å². The molecule has 0 spiro atoms. The maximum atomic E-state index is 13.1. The molecule has 0 fully saturated rings. The molecule has 0 aliphatic heterocycles. The van der Waals surface area contributed by atoms with Crippen LogP contribution in [0, 0.1) is 6.92 Å². The average molecular weight is 639 g/mol. The number of nitrogens with zero attached hydrogens (tertiary/aromatic N) is 1. The van der Waals surface area contributed by atoms with Gasteiger partial charge >= 0.3 is 59.1 Å². The number of aromatic nitrogens is 1. The van der Waals surface area contributed by atoms with Gasteiger partial charge in [0.1, 0.15) is 20.7 Å². The van der Waals surface area contributed by atoms with Crippen molar-refractivity contribution in [3.63, 3.8) is 0 Å². The number of carbonyl (C=O) groups excluding carboxylic acids is 2.